The molecule has 17 heavy (non-hydrogen) atoms. The zero-order valence-electron chi connectivity index (χ0n) is 10.6. The topological polar surface area (TPSA) is 59.6 Å². The van der Waals surface area contributed by atoms with Crippen molar-refractivity contribution in [3.63, 3.8) is 0 Å². The molecule has 0 unspecified atom stereocenters. The van der Waals surface area contributed by atoms with Crippen molar-refractivity contribution < 1.29 is 14.3 Å². The molecule has 1 aliphatic rings. The molecule has 102 valence electrons. The maximum atomic E-state index is 11.6. The van der Waals surface area contributed by atoms with Gasteiger partial charge >= 0.3 is 0 Å². The Bertz CT molecular complexity index is 221. The van der Waals surface area contributed by atoms with E-state index in [2.05, 4.69) is 17.6 Å². The molecule has 0 aromatic heterocycles. The summed E-state index contributed by atoms with van der Waals surface area (Å²) in [6.07, 6.45) is 1.94. The summed E-state index contributed by atoms with van der Waals surface area (Å²) >= 11 is 0. The van der Waals surface area contributed by atoms with E-state index in [9.17, 15) is 4.79 Å². The third-order valence-corrected chi connectivity index (χ3v) is 2.81. The number of halogens is 1. The van der Waals surface area contributed by atoms with Gasteiger partial charge in [-0.05, 0) is 32.9 Å². The second-order valence-electron chi connectivity index (χ2n) is 4.40. The minimum Gasteiger partial charge on any atom is -0.382 e. The lowest BCUT2D eigenvalue weighted by Crippen LogP contribution is -2.53. The first kappa shape index (κ1) is 16.6. The highest BCUT2D eigenvalue weighted by Crippen LogP contribution is 2.16. The van der Waals surface area contributed by atoms with Gasteiger partial charge in [0.2, 0.25) is 5.91 Å². The van der Waals surface area contributed by atoms with Crippen molar-refractivity contribution in [2.24, 2.45) is 0 Å². The van der Waals surface area contributed by atoms with Crippen LogP contribution in [0.2, 0.25) is 0 Å². The number of carbonyl (C=O) groups is 1. The number of hydrogen-bond donors (Lipinski definition) is 2. The molecular weight excluding hydrogens is 244 g/mol. The Balaban J connectivity index is 0.00000256. The van der Waals surface area contributed by atoms with E-state index < -0.39 is 0 Å². The molecule has 0 aromatic rings. The van der Waals surface area contributed by atoms with Crippen LogP contribution in [-0.2, 0) is 14.3 Å². The van der Waals surface area contributed by atoms with Crippen molar-refractivity contribution in [3.8, 4) is 0 Å². The quantitative estimate of drug-likeness (QED) is 0.681. The third kappa shape index (κ3) is 6.83. The zero-order valence-corrected chi connectivity index (χ0v) is 11.4. The monoisotopic (exact) mass is 266 g/mol. The van der Waals surface area contributed by atoms with Crippen molar-refractivity contribution >= 4 is 18.3 Å². The van der Waals surface area contributed by atoms with Crippen LogP contribution in [0.15, 0.2) is 0 Å². The second-order valence-corrected chi connectivity index (χ2v) is 4.40. The lowest BCUT2D eigenvalue weighted by atomic mass is 9.90. The van der Waals surface area contributed by atoms with E-state index in [-0.39, 0.29) is 30.5 Å². The molecule has 0 aromatic carbocycles. The lowest BCUT2D eigenvalue weighted by Gasteiger charge is -2.34. The summed E-state index contributed by atoms with van der Waals surface area (Å²) < 4.78 is 10.00. The molecule has 1 amide bonds. The number of hydrogen-bond acceptors (Lipinski definition) is 4. The van der Waals surface area contributed by atoms with Crippen LogP contribution in [-0.4, -0.2) is 51.5 Å². The molecular formula is C11H23ClN2O3. The molecule has 1 aliphatic heterocycles. The Hall–Kier alpha value is -0.360. The number of methoxy groups -OCH3 is 1. The molecule has 0 atom stereocenters. The Morgan fingerprint density at radius 2 is 2.00 bits per heavy atom. The van der Waals surface area contributed by atoms with Gasteiger partial charge < -0.3 is 20.1 Å². The molecule has 5 nitrogen and oxygen atoms in total. The Kier molecular flexibility index (Phi) is 8.51. The molecule has 0 aliphatic carbocycles. The molecule has 6 heteroatoms. The number of carbonyl (C=O) groups excluding carboxylic acids is 1. The fourth-order valence-electron chi connectivity index (χ4n) is 1.78. The normalized spacial score (nSPS) is 18.2. The summed E-state index contributed by atoms with van der Waals surface area (Å²) in [4.78, 5) is 11.6. The van der Waals surface area contributed by atoms with Gasteiger partial charge in [0.1, 0.15) is 6.61 Å². The highest BCUT2D eigenvalue weighted by Gasteiger charge is 2.27. The highest BCUT2D eigenvalue weighted by molar-refractivity contribution is 5.85. The summed E-state index contributed by atoms with van der Waals surface area (Å²) in [5.41, 5.74) is -0.0764. The third-order valence-electron chi connectivity index (χ3n) is 2.81. The fraction of sp³-hybridized carbons (Fsp3) is 0.909. The van der Waals surface area contributed by atoms with Crippen molar-refractivity contribution in [1.29, 1.82) is 0 Å². The predicted octanol–water partition coefficient (Wildman–Crippen LogP) is 0.330. The largest absolute Gasteiger partial charge is 0.382 e. The number of ether oxygens (including phenoxy) is 2. The number of rotatable bonds is 6. The maximum Gasteiger partial charge on any atom is 0.246 e. The summed E-state index contributed by atoms with van der Waals surface area (Å²) in [6.45, 7) is 5.10. The van der Waals surface area contributed by atoms with Gasteiger partial charge in [-0.3, -0.25) is 4.79 Å². The zero-order chi connectivity index (χ0) is 11.9. The van der Waals surface area contributed by atoms with Gasteiger partial charge in [-0.1, -0.05) is 0 Å². The van der Waals surface area contributed by atoms with Crippen molar-refractivity contribution in [1.82, 2.24) is 10.6 Å². The molecule has 0 spiro atoms. The Morgan fingerprint density at radius 3 is 2.59 bits per heavy atom. The van der Waals surface area contributed by atoms with Gasteiger partial charge in [-0.15, -0.1) is 12.4 Å². The van der Waals surface area contributed by atoms with Crippen molar-refractivity contribution in [3.05, 3.63) is 0 Å². The Labute approximate surface area is 109 Å². The van der Waals surface area contributed by atoms with Crippen LogP contribution in [0, 0.1) is 0 Å². The van der Waals surface area contributed by atoms with E-state index in [1.807, 2.05) is 0 Å². The first-order valence-corrected chi connectivity index (χ1v) is 5.75. The highest BCUT2D eigenvalue weighted by atomic mass is 35.5. The van der Waals surface area contributed by atoms with Gasteiger partial charge in [0.05, 0.1) is 13.2 Å². The van der Waals surface area contributed by atoms with Crippen LogP contribution in [0.1, 0.15) is 19.8 Å². The molecule has 0 saturated carbocycles. The first-order valence-electron chi connectivity index (χ1n) is 5.75. The van der Waals surface area contributed by atoms with Crippen LogP contribution < -0.4 is 10.6 Å². The smallest absolute Gasteiger partial charge is 0.246 e. The van der Waals surface area contributed by atoms with Gasteiger partial charge in [-0.25, -0.2) is 0 Å². The molecule has 2 N–H and O–H groups in total. The van der Waals surface area contributed by atoms with E-state index in [0.717, 1.165) is 25.9 Å². The molecule has 1 rings (SSSR count). The molecule has 1 saturated heterocycles. The SMILES string of the molecule is COCCOCC(=O)NC1(C)CCNCC1.Cl. The van der Waals surface area contributed by atoms with E-state index in [4.69, 9.17) is 9.47 Å². The average Bonchev–Trinajstić information content (AvgIpc) is 2.25. The van der Waals surface area contributed by atoms with E-state index in [0.29, 0.717) is 13.2 Å². The number of amides is 1. The predicted molar refractivity (Wildman–Crippen MR) is 68.6 cm³/mol. The molecule has 0 radical (unpaired) electrons. The minimum absolute atomic E-state index is 0. The minimum atomic E-state index is -0.0764. The summed E-state index contributed by atoms with van der Waals surface area (Å²) in [7, 11) is 1.61. The number of nitrogens with one attached hydrogen (secondary N) is 2. The van der Waals surface area contributed by atoms with Gasteiger partial charge in [-0.2, -0.15) is 0 Å². The molecule has 1 heterocycles. The van der Waals surface area contributed by atoms with Gasteiger partial charge in [0.25, 0.3) is 0 Å². The summed E-state index contributed by atoms with van der Waals surface area (Å²) in [5.74, 6) is -0.0412. The maximum absolute atomic E-state index is 11.6. The lowest BCUT2D eigenvalue weighted by molar-refractivity contribution is -0.128. The van der Waals surface area contributed by atoms with Crippen molar-refractivity contribution in [2.75, 3.05) is 40.0 Å². The summed E-state index contributed by atoms with van der Waals surface area (Å²) in [6, 6.07) is 0. The second kappa shape index (κ2) is 8.69. The van der Waals surface area contributed by atoms with Gasteiger partial charge in [0.15, 0.2) is 0 Å². The van der Waals surface area contributed by atoms with Crippen LogP contribution in [0.5, 0.6) is 0 Å². The van der Waals surface area contributed by atoms with Crippen LogP contribution >= 0.6 is 12.4 Å². The molecule has 0 bridgehead atoms. The van der Waals surface area contributed by atoms with Crippen LogP contribution in [0.4, 0.5) is 0 Å². The average molecular weight is 267 g/mol. The van der Waals surface area contributed by atoms with E-state index in [1.165, 1.54) is 0 Å². The van der Waals surface area contributed by atoms with E-state index >= 15 is 0 Å². The Morgan fingerprint density at radius 1 is 1.35 bits per heavy atom. The fourth-order valence-corrected chi connectivity index (χ4v) is 1.78. The van der Waals surface area contributed by atoms with E-state index in [1.54, 1.807) is 7.11 Å². The number of piperidine rings is 1. The van der Waals surface area contributed by atoms with Crippen molar-refractivity contribution in [2.45, 2.75) is 25.3 Å². The summed E-state index contributed by atoms with van der Waals surface area (Å²) in [5, 5.41) is 6.30. The van der Waals surface area contributed by atoms with Crippen LogP contribution in [0.3, 0.4) is 0 Å². The van der Waals surface area contributed by atoms with Crippen LogP contribution in [0.25, 0.3) is 0 Å². The standard InChI is InChI=1S/C11H22N2O3.ClH/c1-11(3-5-12-6-4-11)13-10(14)9-16-8-7-15-2;/h12H,3-9H2,1-2H3,(H,13,14);1H. The molecule has 1 fully saturated rings. The van der Waals surface area contributed by atoms with Gasteiger partial charge in [0, 0.05) is 12.6 Å². The first-order chi connectivity index (χ1) is 7.66.